The number of nitrogens with one attached hydrogen (secondary N) is 1. The molecule has 4 heteroatoms. The molecule has 13 heavy (non-hydrogen) atoms. The predicted molar refractivity (Wildman–Crippen MR) is 50.4 cm³/mol. The van der Waals surface area contributed by atoms with E-state index in [1.807, 2.05) is 0 Å². The molecule has 1 rings (SSSR count). The van der Waals surface area contributed by atoms with Crippen LogP contribution in [0.5, 0.6) is 0 Å². The number of amides is 1. The number of hydrogen-bond acceptors (Lipinski definition) is 3. The zero-order chi connectivity index (χ0) is 9.90. The van der Waals surface area contributed by atoms with E-state index in [0.717, 1.165) is 19.5 Å². The second-order valence-corrected chi connectivity index (χ2v) is 3.83. The molecule has 1 atom stereocenters. The lowest BCUT2D eigenvalue weighted by Crippen LogP contribution is -2.46. The third-order valence-corrected chi connectivity index (χ3v) is 2.46. The molecule has 0 aliphatic carbocycles. The van der Waals surface area contributed by atoms with E-state index in [0.29, 0.717) is 12.8 Å². The normalized spacial score (nSPS) is 29.5. The van der Waals surface area contributed by atoms with Crippen LogP contribution < -0.4 is 5.32 Å². The first-order valence-corrected chi connectivity index (χ1v) is 4.71. The van der Waals surface area contributed by atoms with Gasteiger partial charge in [0.15, 0.2) is 0 Å². The molecule has 0 saturated carbocycles. The number of likely N-dealkylation sites (N-methyl/N-ethyl adjacent to an activating group) is 1. The van der Waals surface area contributed by atoms with E-state index in [4.69, 9.17) is 0 Å². The number of aliphatic hydroxyl groups is 1. The van der Waals surface area contributed by atoms with Crippen LogP contribution in [0, 0.1) is 0 Å². The Balaban J connectivity index is 2.66. The lowest BCUT2D eigenvalue weighted by atomic mass is 9.93. The highest BCUT2D eigenvalue weighted by Crippen LogP contribution is 2.21. The van der Waals surface area contributed by atoms with Gasteiger partial charge in [-0.15, -0.1) is 0 Å². The fraction of sp³-hybridized carbons (Fsp3) is 0.889. The van der Waals surface area contributed by atoms with Crippen molar-refractivity contribution in [2.45, 2.75) is 24.9 Å². The van der Waals surface area contributed by atoms with Crippen molar-refractivity contribution in [3.05, 3.63) is 0 Å². The minimum absolute atomic E-state index is 0.170. The Morgan fingerprint density at radius 1 is 1.38 bits per heavy atom. The summed E-state index contributed by atoms with van der Waals surface area (Å²) in [5.41, 5.74) is -1.13. The van der Waals surface area contributed by atoms with E-state index >= 15 is 0 Å². The summed E-state index contributed by atoms with van der Waals surface area (Å²) in [6, 6.07) is 0. The molecule has 1 aliphatic rings. The Bertz CT molecular complexity index is 184. The van der Waals surface area contributed by atoms with E-state index in [1.54, 1.807) is 14.1 Å². The van der Waals surface area contributed by atoms with Gasteiger partial charge < -0.3 is 15.3 Å². The van der Waals surface area contributed by atoms with Crippen LogP contribution in [0.3, 0.4) is 0 Å². The van der Waals surface area contributed by atoms with E-state index in [-0.39, 0.29) is 5.91 Å². The molecule has 4 nitrogen and oxygen atoms in total. The summed E-state index contributed by atoms with van der Waals surface area (Å²) in [6.07, 6.45) is 1.94. The number of carbonyl (C=O) groups is 1. The molecule has 1 aliphatic heterocycles. The molecule has 0 radical (unpaired) electrons. The Morgan fingerprint density at radius 2 is 2.08 bits per heavy atom. The molecular weight excluding hydrogens is 168 g/mol. The van der Waals surface area contributed by atoms with Crippen molar-refractivity contribution in [2.24, 2.45) is 0 Å². The fourth-order valence-electron chi connectivity index (χ4n) is 1.68. The highest BCUT2D eigenvalue weighted by molar-refractivity contribution is 5.84. The molecule has 2 N–H and O–H groups in total. The van der Waals surface area contributed by atoms with Gasteiger partial charge in [-0.2, -0.15) is 0 Å². The lowest BCUT2D eigenvalue weighted by molar-refractivity contribution is -0.149. The second-order valence-electron chi connectivity index (χ2n) is 3.83. The topological polar surface area (TPSA) is 52.6 Å². The largest absolute Gasteiger partial charge is 0.380 e. The van der Waals surface area contributed by atoms with Crippen molar-refractivity contribution in [1.82, 2.24) is 10.2 Å². The first-order valence-electron chi connectivity index (χ1n) is 4.71. The van der Waals surface area contributed by atoms with Crippen LogP contribution in [-0.2, 0) is 4.79 Å². The summed E-state index contributed by atoms with van der Waals surface area (Å²) in [6.45, 7) is 1.61. The SMILES string of the molecule is CN(C)C(=O)C1(O)CCCNCC1. The number of rotatable bonds is 1. The summed E-state index contributed by atoms with van der Waals surface area (Å²) in [5.74, 6) is -0.170. The second kappa shape index (κ2) is 4.07. The maximum absolute atomic E-state index is 11.6. The van der Waals surface area contributed by atoms with Crippen molar-refractivity contribution < 1.29 is 9.90 Å². The Labute approximate surface area is 78.9 Å². The smallest absolute Gasteiger partial charge is 0.254 e. The van der Waals surface area contributed by atoms with Crippen LogP contribution in [0.15, 0.2) is 0 Å². The van der Waals surface area contributed by atoms with Crippen molar-refractivity contribution in [1.29, 1.82) is 0 Å². The molecule has 1 fully saturated rings. The Morgan fingerprint density at radius 3 is 2.69 bits per heavy atom. The van der Waals surface area contributed by atoms with Gasteiger partial charge in [-0.3, -0.25) is 4.79 Å². The van der Waals surface area contributed by atoms with Crippen molar-refractivity contribution in [3.63, 3.8) is 0 Å². The van der Waals surface area contributed by atoms with E-state index < -0.39 is 5.60 Å². The molecule has 0 aromatic rings. The van der Waals surface area contributed by atoms with Gasteiger partial charge in [-0.05, 0) is 32.4 Å². The maximum Gasteiger partial charge on any atom is 0.254 e. The van der Waals surface area contributed by atoms with Crippen LogP contribution in [0.1, 0.15) is 19.3 Å². The summed E-state index contributed by atoms with van der Waals surface area (Å²) < 4.78 is 0. The van der Waals surface area contributed by atoms with Crippen LogP contribution >= 0.6 is 0 Å². The van der Waals surface area contributed by atoms with Gasteiger partial charge in [0.05, 0.1) is 0 Å². The number of carbonyl (C=O) groups excluding carboxylic acids is 1. The van der Waals surface area contributed by atoms with Crippen LogP contribution in [-0.4, -0.2) is 48.7 Å². The van der Waals surface area contributed by atoms with Crippen LogP contribution in [0.2, 0.25) is 0 Å². The third-order valence-electron chi connectivity index (χ3n) is 2.46. The summed E-state index contributed by atoms with van der Waals surface area (Å²) in [5, 5.41) is 13.2. The number of hydrogen-bond donors (Lipinski definition) is 2. The molecule has 1 unspecified atom stereocenters. The van der Waals surface area contributed by atoms with Crippen molar-refractivity contribution in [3.8, 4) is 0 Å². The highest BCUT2D eigenvalue weighted by Gasteiger charge is 2.36. The van der Waals surface area contributed by atoms with E-state index in [9.17, 15) is 9.90 Å². The average Bonchev–Trinajstić information content (AvgIpc) is 2.29. The first-order chi connectivity index (χ1) is 6.06. The molecule has 0 bridgehead atoms. The fourth-order valence-corrected chi connectivity index (χ4v) is 1.68. The average molecular weight is 186 g/mol. The third kappa shape index (κ3) is 2.42. The first kappa shape index (κ1) is 10.5. The van der Waals surface area contributed by atoms with E-state index in [2.05, 4.69) is 5.32 Å². The van der Waals surface area contributed by atoms with Crippen molar-refractivity contribution in [2.75, 3.05) is 27.2 Å². The molecule has 1 saturated heterocycles. The zero-order valence-electron chi connectivity index (χ0n) is 8.34. The quantitative estimate of drug-likeness (QED) is 0.585. The summed E-state index contributed by atoms with van der Waals surface area (Å²) >= 11 is 0. The molecular formula is C9H18N2O2. The van der Waals surface area contributed by atoms with Crippen molar-refractivity contribution >= 4 is 5.91 Å². The lowest BCUT2D eigenvalue weighted by Gasteiger charge is -2.27. The summed E-state index contributed by atoms with van der Waals surface area (Å²) in [7, 11) is 3.36. The Hall–Kier alpha value is -0.610. The minimum Gasteiger partial charge on any atom is -0.380 e. The predicted octanol–water partition coefficient (Wildman–Crippen LogP) is -0.421. The summed E-state index contributed by atoms with van der Waals surface area (Å²) in [4.78, 5) is 13.1. The zero-order valence-corrected chi connectivity index (χ0v) is 8.34. The van der Waals surface area contributed by atoms with Gasteiger partial charge >= 0.3 is 0 Å². The van der Waals surface area contributed by atoms with Gasteiger partial charge in [0.2, 0.25) is 0 Å². The standard InChI is InChI=1S/C9H18N2O2/c1-11(2)8(12)9(13)4-3-6-10-7-5-9/h10,13H,3-7H2,1-2H3. The molecule has 0 aromatic heterocycles. The highest BCUT2D eigenvalue weighted by atomic mass is 16.3. The molecule has 0 spiro atoms. The maximum atomic E-state index is 11.6. The van der Waals surface area contributed by atoms with Gasteiger partial charge in [0.25, 0.3) is 5.91 Å². The molecule has 1 heterocycles. The van der Waals surface area contributed by atoms with Gasteiger partial charge in [-0.1, -0.05) is 0 Å². The minimum atomic E-state index is -1.13. The van der Waals surface area contributed by atoms with Crippen LogP contribution in [0.4, 0.5) is 0 Å². The molecule has 0 aromatic carbocycles. The number of nitrogens with zero attached hydrogens (tertiary/aromatic N) is 1. The monoisotopic (exact) mass is 186 g/mol. The Kier molecular flexibility index (Phi) is 3.27. The van der Waals surface area contributed by atoms with E-state index in [1.165, 1.54) is 4.90 Å². The molecule has 76 valence electrons. The van der Waals surface area contributed by atoms with Gasteiger partial charge in [0, 0.05) is 14.1 Å². The van der Waals surface area contributed by atoms with Gasteiger partial charge in [-0.25, -0.2) is 0 Å². The molecule has 1 amide bonds. The van der Waals surface area contributed by atoms with Crippen LogP contribution in [0.25, 0.3) is 0 Å². The van der Waals surface area contributed by atoms with Gasteiger partial charge in [0.1, 0.15) is 5.60 Å².